The molecule has 8 heteroatoms. The predicted octanol–water partition coefficient (Wildman–Crippen LogP) is 0.513. The van der Waals surface area contributed by atoms with Crippen LogP contribution in [-0.2, 0) is 11.3 Å². The number of aryl methyl sites for hydroxylation is 1. The van der Waals surface area contributed by atoms with Crippen LogP contribution in [0.1, 0.15) is 16.9 Å². The monoisotopic (exact) mass is 262 g/mol. The Morgan fingerprint density at radius 2 is 1.89 bits per heavy atom. The highest BCUT2D eigenvalue weighted by atomic mass is 16.4. The van der Waals surface area contributed by atoms with Crippen molar-refractivity contribution in [3.05, 3.63) is 30.2 Å². The minimum atomic E-state index is -1.21. The average Bonchev–Trinajstić information content (AvgIpc) is 2.81. The number of nitrogens with zero attached hydrogens (tertiary/aromatic N) is 4. The van der Waals surface area contributed by atoms with Crippen LogP contribution in [-0.4, -0.2) is 42.1 Å². The highest BCUT2D eigenvalue weighted by Gasteiger charge is 2.20. The summed E-state index contributed by atoms with van der Waals surface area (Å²) in [7, 11) is 0. The summed E-state index contributed by atoms with van der Waals surface area (Å²) in [5, 5.41) is 25.0. The van der Waals surface area contributed by atoms with E-state index >= 15 is 0 Å². The predicted molar refractivity (Wildman–Crippen MR) is 62.5 cm³/mol. The van der Waals surface area contributed by atoms with Crippen LogP contribution in [0.5, 0.6) is 0 Å². The molecule has 0 fully saturated rings. The van der Waals surface area contributed by atoms with Crippen LogP contribution in [0.4, 0.5) is 0 Å². The molecule has 0 aliphatic rings. The summed E-state index contributed by atoms with van der Waals surface area (Å²) < 4.78 is 1.27. The molecule has 0 atom stereocenters. The summed E-state index contributed by atoms with van der Waals surface area (Å²) >= 11 is 0. The number of hydrogen-bond donors (Lipinski definition) is 2. The molecule has 0 amide bonds. The summed E-state index contributed by atoms with van der Waals surface area (Å²) in [4.78, 5) is 25.5. The van der Waals surface area contributed by atoms with Crippen molar-refractivity contribution in [2.24, 2.45) is 0 Å². The van der Waals surface area contributed by atoms with E-state index in [0.29, 0.717) is 5.56 Å². The first-order chi connectivity index (χ1) is 9.09. The zero-order chi connectivity index (χ0) is 13.8. The largest absolute Gasteiger partial charge is 0.481 e. The van der Waals surface area contributed by atoms with Crippen molar-refractivity contribution >= 4 is 11.9 Å². The molecule has 0 bridgehead atoms. The molecule has 0 saturated heterocycles. The fraction of sp³-hybridized carbons (Fsp3) is 0.182. The van der Waals surface area contributed by atoms with Gasteiger partial charge in [0, 0.05) is 18.0 Å². The van der Waals surface area contributed by atoms with Gasteiger partial charge in [-0.05, 0) is 12.1 Å². The molecule has 0 saturated carbocycles. The Balaban J connectivity index is 2.45. The van der Waals surface area contributed by atoms with E-state index in [1.165, 1.54) is 17.1 Å². The van der Waals surface area contributed by atoms with Gasteiger partial charge in [0.05, 0.1) is 13.0 Å². The van der Waals surface area contributed by atoms with Crippen molar-refractivity contribution in [2.75, 3.05) is 0 Å². The number of carbonyl (C=O) groups is 2. The first-order valence-corrected chi connectivity index (χ1v) is 5.38. The highest BCUT2D eigenvalue weighted by Crippen LogP contribution is 2.21. The number of aromatic carboxylic acids is 1. The molecule has 98 valence electrons. The van der Waals surface area contributed by atoms with Crippen LogP contribution in [0, 0.1) is 0 Å². The highest BCUT2D eigenvalue weighted by molar-refractivity contribution is 5.92. The number of aliphatic carboxylic acids is 1. The Bertz CT molecular complexity index is 608. The number of carboxylic acid groups (broad SMARTS) is 2. The van der Waals surface area contributed by atoms with Crippen molar-refractivity contribution in [3.8, 4) is 11.3 Å². The van der Waals surface area contributed by atoms with Crippen LogP contribution in [0.3, 0.4) is 0 Å². The molecule has 2 aromatic rings. The fourth-order valence-electron chi connectivity index (χ4n) is 1.61. The smallest absolute Gasteiger partial charge is 0.358 e. The van der Waals surface area contributed by atoms with E-state index in [-0.39, 0.29) is 24.4 Å². The van der Waals surface area contributed by atoms with Gasteiger partial charge in [0.25, 0.3) is 0 Å². The minimum absolute atomic E-state index is 0.0489. The van der Waals surface area contributed by atoms with Gasteiger partial charge in [0.15, 0.2) is 5.69 Å². The van der Waals surface area contributed by atoms with Gasteiger partial charge in [-0.25, -0.2) is 9.48 Å². The van der Waals surface area contributed by atoms with Gasteiger partial charge >= 0.3 is 11.9 Å². The lowest BCUT2D eigenvalue weighted by Gasteiger charge is -2.05. The summed E-state index contributed by atoms with van der Waals surface area (Å²) in [6, 6.07) is 3.23. The van der Waals surface area contributed by atoms with Crippen molar-refractivity contribution in [1.29, 1.82) is 0 Å². The lowest BCUT2D eigenvalue weighted by molar-refractivity contribution is -0.137. The zero-order valence-electron chi connectivity index (χ0n) is 9.72. The number of hydrogen-bond acceptors (Lipinski definition) is 5. The molecule has 19 heavy (non-hydrogen) atoms. The Morgan fingerprint density at radius 1 is 1.21 bits per heavy atom. The van der Waals surface area contributed by atoms with Gasteiger partial charge in [-0.15, -0.1) is 5.10 Å². The topological polar surface area (TPSA) is 118 Å². The average molecular weight is 262 g/mol. The Hall–Kier alpha value is -2.77. The summed E-state index contributed by atoms with van der Waals surface area (Å²) in [5.74, 6) is -2.21. The van der Waals surface area contributed by atoms with Gasteiger partial charge in [0.2, 0.25) is 0 Å². The number of pyridine rings is 1. The Labute approximate surface area is 107 Å². The van der Waals surface area contributed by atoms with Gasteiger partial charge in [0.1, 0.15) is 5.69 Å². The molecule has 0 spiro atoms. The number of carboxylic acids is 2. The normalized spacial score (nSPS) is 10.3. The van der Waals surface area contributed by atoms with Gasteiger partial charge in [-0.2, -0.15) is 0 Å². The zero-order valence-corrected chi connectivity index (χ0v) is 9.72. The maximum Gasteiger partial charge on any atom is 0.358 e. The van der Waals surface area contributed by atoms with E-state index in [0.717, 1.165) is 0 Å². The first kappa shape index (κ1) is 12.7. The van der Waals surface area contributed by atoms with Crippen molar-refractivity contribution in [1.82, 2.24) is 20.0 Å². The van der Waals surface area contributed by atoms with Gasteiger partial charge in [-0.1, -0.05) is 5.21 Å². The van der Waals surface area contributed by atoms with Gasteiger partial charge in [-0.3, -0.25) is 9.78 Å². The summed E-state index contributed by atoms with van der Waals surface area (Å²) in [6.07, 6.45) is 2.85. The lowest BCUT2D eigenvalue weighted by atomic mass is 10.1. The number of aromatic nitrogens is 4. The van der Waals surface area contributed by atoms with Crippen molar-refractivity contribution in [2.45, 2.75) is 13.0 Å². The van der Waals surface area contributed by atoms with Crippen molar-refractivity contribution in [3.63, 3.8) is 0 Å². The summed E-state index contributed by atoms with van der Waals surface area (Å²) in [5.41, 5.74) is 0.635. The molecule has 0 aliphatic heterocycles. The van der Waals surface area contributed by atoms with Crippen molar-refractivity contribution < 1.29 is 19.8 Å². The molecule has 0 unspecified atom stereocenters. The second kappa shape index (κ2) is 5.25. The van der Waals surface area contributed by atoms with E-state index in [1.54, 1.807) is 12.1 Å². The molecule has 8 nitrogen and oxygen atoms in total. The van der Waals surface area contributed by atoms with Gasteiger partial charge < -0.3 is 10.2 Å². The first-order valence-electron chi connectivity index (χ1n) is 5.38. The van der Waals surface area contributed by atoms with Crippen LogP contribution < -0.4 is 0 Å². The third kappa shape index (κ3) is 2.73. The van der Waals surface area contributed by atoms with Crippen LogP contribution in [0.2, 0.25) is 0 Å². The fourth-order valence-corrected chi connectivity index (χ4v) is 1.61. The number of rotatable bonds is 5. The minimum Gasteiger partial charge on any atom is -0.481 e. The third-order valence-corrected chi connectivity index (χ3v) is 2.43. The molecule has 2 N–H and O–H groups in total. The van der Waals surface area contributed by atoms with E-state index in [4.69, 9.17) is 10.2 Å². The molecule has 0 radical (unpaired) electrons. The lowest BCUT2D eigenvalue weighted by Crippen LogP contribution is -2.08. The summed E-state index contributed by atoms with van der Waals surface area (Å²) in [6.45, 7) is 0.0489. The van der Waals surface area contributed by atoms with E-state index in [1.807, 2.05) is 0 Å². The van der Waals surface area contributed by atoms with Crippen LogP contribution in [0.15, 0.2) is 24.5 Å². The molecular weight excluding hydrogens is 252 g/mol. The van der Waals surface area contributed by atoms with Crippen LogP contribution in [0.25, 0.3) is 11.3 Å². The Morgan fingerprint density at radius 3 is 2.47 bits per heavy atom. The second-order valence-electron chi connectivity index (χ2n) is 3.69. The van der Waals surface area contributed by atoms with E-state index in [2.05, 4.69) is 15.3 Å². The molecule has 2 heterocycles. The molecule has 2 aromatic heterocycles. The SMILES string of the molecule is O=C(O)CCn1nnc(C(=O)O)c1-c1ccncc1. The molecule has 0 aliphatic carbocycles. The second-order valence-corrected chi connectivity index (χ2v) is 3.69. The molecule has 0 aromatic carbocycles. The van der Waals surface area contributed by atoms with Crippen LogP contribution >= 0.6 is 0 Å². The standard InChI is InChI=1S/C11H10N4O4/c16-8(17)3-6-15-10(7-1-4-12-5-2-7)9(11(18)19)13-14-15/h1-2,4-5H,3,6H2,(H,16,17)(H,18,19). The molecular formula is C11H10N4O4. The maximum absolute atomic E-state index is 11.1. The quantitative estimate of drug-likeness (QED) is 0.805. The van der Waals surface area contributed by atoms with E-state index in [9.17, 15) is 9.59 Å². The third-order valence-electron chi connectivity index (χ3n) is 2.43. The molecule has 2 rings (SSSR count). The Kier molecular flexibility index (Phi) is 3.51. The maximum atomic E-state index is 11.1. The van der Waals surface area contributed by atoms with E-state index < -0.39 is 11.9 Å².